The van der Waals surface area contributed by atoms with Gasteiger partial charge in [-0.1, -0.05) is 11.3 Å². The van der Waals surface area contributed by atoms with Gasteiger partial charge in [0.2, 0.25) is 16.0 Å². The van der Waals surface area contributed by atoms with Crippen LogP contribution in [0.25, 0.3) is 0 Å². The van der Waals surface area contributed by atoms with E-state index in [1.807, 2.05) is 0 Å². The lowest BCUT2D eigenvalue weighted by Gasteiger charge is -2.22. The average Bonchev–Trinajstić information content (AvgIpc) is 2.77. The van der Waals surface area contributed by atoms with Crippen molar-refractivity contribution >= 4 is 34.0 Å². The summed E-state index contributed by atoms with van der Waals surface area (Å²) in [5.41, 5.74) is 0. The number of aromatic nitrogens is 2. The van der Waals surface area contributed by atoms with E-state index in [4.69, 9.17) is 11.6 Å². The van der Waals surface area contributed by atoms with Gasteiger partial charge in [0, 0.05) is 26.2 Å². The van der Waals surface area contributed by atoms with Crippen LogP contribution in [0.2, 0.25) is 0 Å². The minimum atomic E-state index is -4.47. The molecule has 21 heavy (non-hydrogen) atoms. The second-order valence-corrected chi connectivity index (χ2v) is 6.28. The Morgan fingerprint density at radius 3 is 2.57 bits per heavy atom. The van der Waals surface area contributed by atoms with Gasteiger partial charge in [-0.25, -0.2) is 0 Å². The predicted octanol–water partition coefficient (Wildman–Crippen LogP) is 2.22. The van der Waals surface area contributed by atoms with Crippen LogP contribution >= 0.6 is 22.9 Å². The van der Waals surface area contributed by atoms with E-state index in [1.54, 1.807) is 16.7 Å². The summed E-state index contributed by atoms with van der Waals surface area (Å²) in [5.74, 6) is -0.160. The summed E-state index contributed by atoms with van der Waals surface area (Å²) in [4.78, 5) is 15.2. The third kappa shape index (κ3) is 3.97. The monoisotopic (exact) mass is 342 g/mol. The van der Waals surface area contributed by atoms with Crippen molar-refractivity contribution in [3.05, 3.63) is 5.01 Å². The highest BCUT2D eigenvalue weighted by molar-refractivity contribution is 7.15. The Hall–Kier alpha value is -1.09. The first-order chi connectivity index (χ1) is 9.79. The predicted molar refractivity (Wildman–Crippen MR) is 73.6 cm³/mol. The summed E-state index contributed by atoms with van der Waals surface area (Å²) < 4.78 is 37.6. The molecular formula is C11H14ClF3N4OS. The molecule has 0 aromatic carbocycles. The highest BCUT2D eigenvalue weighted by Gasteiger charge is 2.36. The Morgan fingerprint density at radius 1 is 1.29 bits per heavy atom. The molecule has 0 radical (unpaired) electrons. The minimum absolute atomic E-state index is 0.160. The maximum atomic E-state index is 12.5. The molecule has 0 N–H and O–H groups in total. The molecule has 1 saturated heterocycles. The second-order valence-electron chi connectivity index (χ2n) is 4.67. The second kappa shape index (κ2) is 6.35. The van der Waals surface area contributed by atoms with Crippen molar-refractivity contribution in [2.75, 3.05) is 31.1 Å². The fraction of sp³-hybridized carbons (Fsp3) is 0.727. The number of anilines is 1. The lowest BCUT2D eigenvalue weighted by molar-refractivity contribution is -0.138. The van der Waals surface area contributed by atoms with E-state index < -0.39 is 16.6 Å². The van der Waals surface area contributed by atoms with Crippen molar-refractivity contribution in [1.29, 1.82) is 0 Å². The number of hydrogen-bond donors (Lipinski definition) is 0. The summed E-state index contributed by atoms with van der Waals surface area (Å²) in [6.45, 7) is 3.51. The maximum Gasteiger partial charge on any atom is 0.445 e. The van der Waals surface area contributed by atoms with Crippen LogP contribution in [0.15, 0.2) is 0 Å². The molecule has 1 aromatic rings. The van der Waals surface area contributed by atoms with Crippen LogP contribution in [0.3, 0.4) is 0 Å². The summed E-state index contributed by atoms with van der Waals surface area (Å²) in [5, 5.41) is 5.45. The zero-order valence-corrected chi connectivity index (χ0v) is 12.8. The minimum Gasteiger partial charge on any atom is -0.345 e. The van der Waals surface area contributed by atoms with Gasteiger partial charge in [0.1, 0.15) is 5.38 Å². The molecule has 1 fully saturated rings. The SMILES string of the molecule is CC(Cl)C(=O)N1CCCN(c2nnc(C(F)(F)F)s2)CC1. The first kappa shape index (κ1) is 16.3. The van der Waals surface area contributed by atoms with Gasteiger partial charge in [-0.15, -0.1) is 21.8 Å². The topological polar surface area (TPSA) is 49.3 Å². The molecule has 2 heterocycles. The summed E-state index contributed by atoms with van der Waals surface area (Å²) in [6, 6.07) is 0. The Labute approximate surface area is 128 Å². The first-order valence-electron chi connectivity index (χ1n) is 6.37. The number of rotatable bonds is 2. The highest BCUT2D eigenvalue weighted by atomic mass is 35.5. The summed E-state index contributed by atoms with van der Waals surface area (Å²) in [7, 11) is 0. The average molecular weight is 343 g/mol. The fourth-order valence-electron chi connectivity index (χ4n) is 2.04. The molecule has 0 aliphatic carbocycles. The first-order valence-corrected chi connectivity index (χ1v) is 7.63. The van der Waals surface area contributed by atoms with Crippen LogP contribution in [0, 0.1) is 0 Å². The molecule has 1 amide bonds. The third-order valence-corrected chi connectivity index (χ3v) is 4.29. The van der Waals surface area contributed by atoms with E-state index >= 15 is 0 Å². The lowest BCUT2D eigenvalue weighted by Crippen LogP contribution is -2.38. The van der Waals surface area contributed by atoms with Crippen molar-refractivity contribution in [1.82, 2.24) is 15.1 Å². The largest absolute Gasteiger partial charge is 0.445 e. The number of carbonyl (C=O) groups is 1. The van der Waals surface area contributed by atoms with Gasteiger partial charge < -0.3 is 9.80 Å². The van der Waals surface area contributed by atoms with E-state index in [0.29, 0.717) is 43.9 Å². The van der Waals surface area contributed by atoms with Gasteiger partial charge >= 0.3 is 6.18 Å². The Bertz CT molecular complexity index is 508. The van der Waals surface area contributed by atoms with Crippen LogP contribution in [0.1, 0.15) is 18.4 Å². The molecule has 0 bridgehead atoms. The Morgan fingerprint density at radius 2 is 2.00 bits per heavy atom. The van der Waals surface area contributed by atoms with Crippen molar-refractivity contribution < 1.29 is 18.0 Å². The zero-order valence-electron chi connectivity index (χ0n) is 11.2. The van der Waals surface area contributed by atoms with Gasteiger partial charge in [0.25, 0.3) is 0 Å². The molecule has 0 spiro atoms. The molecule has 0 saturated carbocycles. The number of nitrogens with zero attached hydrogens (tertiary/aromatic N) is 4. The van der Waals surface area contributed by atoms with Crippen LogP contribution in [0.4, 0.5) is 18.3 Å². The van der Waals surface area contributed by atoms with Gasteiger partial charge in [0.05, 0.1) is 0 Å². The molecule has 1 aromatic heterocycles. The van der Waals surface area contributed by atoms with Crippen molar-refractivity contribution in [3.8, 4) is 0 Å². The van der Waals surface area contributed by atoms with Crippen molar-refractivity contribution in [2.24, 2.45) is 0 Å². The molecule has 5 nitrogen and oxygen atoms in total. The van der Waals surface area contributed by atoms with E-state index in [9.17, 15) is 18.0 Å². The van der Waals surface area contributed by atoms with Gasteiger partial charge in [-0.2, -0.15) is 13.2 Å². The summed E-state index contributed by atoms with van der Waals surface area (Å²) in [6.07, 6.45) is -3.83. The smallest absolute Gasteiger partial charge is 0.345 e. The molecular weight excluding hydrogens is 329 g/mol. The number of carbonyl (C=O) groups excluding carboxylic acids is 1. The van der Waals surface area contributed by atoms with Gasteiger partial charge in [-0.3, -0.25) is 4.79 Å². The van der Waals surface area contributed by atoms with Crippen LogP contribution in [0.5, 0.6) is 0 Å². The van der Waals surface area contributed by atoms with E-state index in [2.05, 4.69) is 10.2 Å². The van der Waals surface area contributed by atoms with Crippen LogP contribution in [-0.4, -0.2) is 52.6 Å². The zero-order chi connectivity index (χ0) is 15.6. The third-order valence-electron chi connectivity index (χ3n) is 3.08. The molecule has 1 unspecified atom stereocenters. The summed E-state index contributed by atoms with van der Waals surface area (Å²) >= 11 is 6.29. The Balaban J connectivity index is 2.03. The molecule has 1 atom stereocenters. The Kier molecular flexibility index (Phi) is 4.92. The highest BCUT2D eigenvalue weighted by Crippen LogP contribution is 2.34. The number of halogens is 4. The van der Waals surface area contributed by atoms with Crippen LogP contribution < -0.4 is 4.90 Å². The molecule has 10 heteroatoms. The number of hydrogen-bond acceptors (Lipinski definition) is 5. The molecule has 1 aliphatic heterocycles. The molecule has 1 aliphatic rings. The van der Waals surface area contributed by atoms with Crippen molar-refractivity contribution in [2.45, 2.75) is 24.9 Å². The lowest BCUT2D eigenvalue weighted by atomic mass is 10.3. The standard InChI is InChI=1S/C11H14ClF3N4OS/c1-7(12)8(20)18-3-2-4-19(6-5-18)10-17-16-9(21-10)11(13,14)15/h7H,2-6H2,1H3. The molecule has 118 valence electrons. The van der Waals surface area contributed by atoms with E-state index in [-0.39, 0.29) is 11.0 Å². The number of amides is 1. The maximum absolute atomic E-state index is 12.5. The molecule has 2 rings (SSSR count). The normalized spacial score (nSPS) is 18.5. The van der Waals surface area contributed by atoms with E-state index in [0.717, 1.165) is 0 Å². The fourth-order valence-corrected chi connectivity index (χ4v) is 2.94. The van der Waals surface area contributed by atoms with Crippen molar-refractivity contribution in [3.63, 3.8) is 0 Å². The van der Waals surface area contributed by atoms with Gasteiger partial charge in [-0.05, 0) is 13.3 Å². The quantitative estimate of drug-likeness (QED) is 0.773. The van der Waals surface area contributed by atoms with Gasteiger partial charge in [0.15, 0.2) is 0 Å². The number of alkyl halides is 4. The van der Waals surface area contributed by atoms with Crippen LogP contribution in [-0.2, 0) is 11.0 Å². The van der Waals surface area contributed by atoms with E-state index in [1.165, 1.54) is 0 Å².